The summed E-state index contributed by atoms with van der Waals surface area (Å²) in [5.41, 5.74) is 5.41. The molecule has 1 aliphatic carbocycles. The molecule has 1 saturated carbocycles. The number of hydrogen-bond donors (Lipinski definition) is 1. The van der Waals surface area contributed by atoms with Gasteiger partial charge in [-0.2, -0.15) is 4.31 Å². The molecule has 1 aliphatic heterocycles. The van der Waals surface area contributed by atoms with Gasteiger partial charge in [-0.15, -0.1) is 0 Å². The maximum absolute atomic E-state index is 13.1. The van der Waals surface area contributed by atoms with E-state index in [-0.39, 0.29) is 28.2 Å². The van der Waals surface area contributed by atoms with Gasteiger partial charge in [0.15, 0.2) is 0 Å². The fraction of sp³-hybridized carbons (Fsp3) is 0.562. The molecule has 3 rings (SSSR count). The van der Waals surface area contributed by atoms with Crippen LogP contribution < -0.4 is 10.5 Å². The van der Waals surface area contributed by atoms with Crippen LogP contribution in [0.1, 0.15) is 29.6 Å². The Hall–Kier alpha value is -1.64. The average Bonchev–Trinajstić information content (AvgIpc) is 3.27. The SMILES string of the molecule is COc1ccc(S(=O)(=O)N(CC2CCOC2)C2CC2)cc1C(N)=O. The number of sulfonamides is 1. The number of rotatable bonds is 7. The number of carbonyl (C=O) groups excluding carboxylic acids is 1. The van der Waals surface area contributed by atoms with Gasteiger partial charge in [0.25, 0.3) is 5.91 Å². The normalized spacial score (nSPS) is 21.2. The Morgan fingerprint density at radius 1 is 1.38 bits per heavy atom. The van der Waals surface area contributed by atoms with Gasteiger partial charge in [0.05, 0.1) is 24.2 Å². The molecule has 0 aromatic heterocycles. The molecule has 1 heterocycles. The first-order valence-electron chi connectivity index (χ1n) is 8.01. The number of nitrogens with zero attached hydrogens (tertiary/aromatic N) is 1. The molecule has 2 N–H and O–H groups in total. The van der Waals surface area contributed by atoms with E-state index in [0.29, 0.717) is 19.8 Å². The molecule has 1 aromatic rings. The zero-order valence-corrected chi connectivity index (χ0v) is 14.4. The van der Waals surface area contributed by atoms with Gasteiger partial charge in [-0.25, -0.2) is 8.42 Å². The van der Waals surface area contributed by atoms with Crippen molar-refractivity contribution < 1.29 is 22.7 Å². The summed E-state index contributed by atoms with van der Waals surface area (Å²) in [6, 6.07) is 4.27. The second kappa shape index (κ2) is 6.70. The van der Waals surface area contributed by atoms with Gasteiger partial charge in [-0.1, -0.05) is 0 Å². The van der Waals surface area contributed by atoms with E-state index in [4.69, 9.17) is 15.2 Å². The van der Waals surface area contributed by atoms with E-state index in [1.54, 1.807) is 4.31 Å². The van der Waals surface area contributed by atoms with Crippen LogP contribution in [-0.4, -0.2) is 51.5 Å². The predicted octanol–water partition coefficient (Wildman–Crippen LogP) is 0.984. The van der Waals surface area contributed by atoms with Gasteiger partial charge >= 0.3 is 0 Å². The van der Waals surface area contributed by atoms with Crippen molar-refractivity contribution in [2.24, 2.45) is 11.7 Å². The molecule has 1 unspecified atom stereocenters. The molecule has 2 aliphatic rings. The first-order chi connectivity index (χ1) is 11.4. The number of hydrogen-bond acceptors (Lipinski definition) is 5. The van der Waals surface area contributed by atoms with Gasteiger partial charge in [0, 0.05) is 19.2 Å². The molecule has 1 atom stereocenters. The van der Waals surface area contributed by atoms with Crippen molar-refractivity contribution in [3.05, 3.63) is 23.8 Å². The van der Waals surface area contributed by atoms with Crippen LogP contribution in [0.5, 0.6) is 5.75 Å². The molecule has 8 heteroatoms. The van der Waals surface area contributed by atoms with Gasteiger partial charge in [0.2, 0.25) is 10.0 Å². The number of ether oxygens (including phenoxy) is 2. The molecule has 24 heavy (non-hydrogen) atoms. The summed E-state index contributed by atoms with van der Waals surface area (Å²) in [4.78, 5) is 11.6. The zero-order chi connectivity index (χ0) is 17.3. The molecule has 0 radical (unpaired) electrons. The van der Waals surface area contributed by atoms with E-state index in [1.807, 2.05) is 0 Å². The van der Waals surface area contributed by atoms with Crippen molar-refractivity contribution in [2.75, 3.05) is 26.9 Å². The van der Waals surface area contributed by atoms with Crippen LogP contribution in [0, 0.1) is 5.92 Å². The van der Waals surface area contributed by atoms with Crippen molar-refractivity contribution in [2.45, 2.75) is 30.2 Å². The average molecular weight is 354 g/mol. The summed E-state index contributed by atoms with van der Waals surface area (Å²) in [6.45, 7) is 1.72. The van der Waals surface area contributed by atoms with Crippen LogP contribution in [0.25, 0.3) is 0 Å². The number of benzene rings is 1. The quantitative estimate of drug-likeness (QED) is 0.787. The fourth-order valence-electron chi connectivity index (χ4n) is 2.96. The molecule has 7 nitrogen and oxygen atoms in total. The van der Waals surface area contributed by atoms with Gasteiger partial charge in [0.1, 0.15) is 5.75 Å². The Morgan fingerprint density at radius 2 is 2.12 bits per heavy atom. The first-order valence-corrected chi connectivity index (χ1v) is 9.45. The third-order valence-corrected chi connectivity index (χ3v) is 6.37. The summed E-state index contributed by atoms with van der Waals surface area (Å²) < 4.78 is 38.1. The van der Waals surface area contributed by atoms with Crippen LogP contribution in [0.15, 0.2) is 23.1 Å². The second-order valence-electron chi connectivity index (χ2n) is 6.26. The first kappa shape index (κ1) is 17.2. The molecule has 1 aromatic carbocycles. The van der Waals surface area contributed by atoms with E-state index >= 15 is 0 Å². The third-order valence-electron chi connectivity index (χ3n) is 4.46. The molecule has 0 spiro atoms. The lowest BCUT2D eigenvalue weighted by molar-refractivity contribution is 0.0997. The smallest absolute Gasteiger partial charge is 0.252 e. The summed E-state index contributed by atoms with van der Waals surface area (Å²) in [6.07, 6.45) is 2.60. The Morgan fingerprint density at radius 3 is 2.67 bits per heavy atom. The summed E-state index contributed by atoms with van der Waals surface area (Å²) in [7, 11) is -2.28. The molecular weight excluding hydrogens is 332 g/mol. The van der Waals surface area contributed by atoms with Crippen molar-refractivity contribution in [1.29, 1.82) is 0 Å². The molecule has 0 bridgehead atoms. The Labute approximate surface area is 141 Å². The molecule has 1 saturated heterocycles. The lowest BCUT2D eigenvalue weighted by atomic mass is 10.1. The van der Waals surface area contributed by atoms with Crippen LogP contribution in [0.2, 0.25) is 0 Å². The summed E-state index contributed by atoms with van der Waals surface area (Å²) in [5, 5.41) is 0. The molecular formula is C16H22N2O5S. The predicted molar refractivity (Wildman–Crippen MR) is 87.4 cm³/mol. The van der Waals surface area contributed by atoms with Crippen molar-refractivity contribution in [3.63, 3.8) is 0 Å². The van der Waals surface area contributed by atoms with Crippen molar-refractivity contribution in [3.8, 4) is 5.75 Å². The van der Waals surface area contributed by atoms with Crippen LogP contribution in [0.4, 0.5) is 0 Å². The molecule has 1 amide bonds. The Balaban J connectivity index is 1.92. The van der Waals surface area contributed by atoms with E-state index in [1.165, 1.54) is 25.3 Å². The van der Waals surface area contributed by atoms with Gasteiger partial charge < -0.3 is 15.2 Å². The highest BCUT2D eigenvalue weighted by atomic mass is 32.2. The topological polar surface area (TPSA) is 98.9 Å². The van der Waals surface area contributed by atoms with E-state index in [9.17, 15) is 13.2 Å². The lowest BCUT2D eigenvalue weighted by Crippen LogP contribution is -2.37. The number of carbonyl (C=O) groups is 1. The monoisotopic (exact) mass is 354 g/mol. The third kappa shape index (κ3) is 3.40. The van der Waals surface area contributed by atoms with E-state index in [0.717, 1.165) is 19.3 Å². The highest BCUT2D eigenvalue weighted by Crippen LogP contribution is 2.34. The van der Waals surface area contributed by atoms with Gasteiger partial charge in [-0.3, -0.25) is 4.79 Å². The Kier molecular flexibility index (Phi) is 4.80. The standard InChI is InChI=1S/C16H22N2O5S/c1-22-15-5-4-13(8-14(15)16(17)19)24(20,21)18(12-2-3-12)9-11-6-7-23-10-11/h4-5,8,11-12H,2-3,6-7,9-10H2,1H3,(H2,17,19). The minimum Gasteiger partial charge on any atom is -0.496 e. The molecule has 2 fully saturated rings. The number of methoxy groups -OCH3 is 1. The highest BCUT2D eigenvalue weighted by Gasteiger charge is 2.40. The zero-order valence-electron chi connectivity index (χ0n) is 13.6. The highest BCUT2D eigenvalue weighted by molar-refractivity contribution is 7.89. The summed E-state index contributed by atoms with van der Waals surface area (Å²) >= 11 is 0. The largest absolute Gasteiger partial charge is 0.496 e. The number of nitrogens with two attached hydrogens (primary N) is 1. The maximum atomic E-state index is 13.1. The molecule has 132 valence electrons. The number of primary amides is 1. The minimum atomic E-state index is -3.69. The lowest BCUT2D eigenvalue weighted by Gasteiger charge is -2.24. The van der Waals surface area contributed by atoms with E-state index in [2.05, 4.69) is 0 Å². The summed E-state index contributed by atoms with van der Waals surface area (Å²) in [5.74, 6) is -0.232. The van der Waals surface area contributed by atoms with E-state index < -0.39 is 15.9 Å². The maximum Gasteiger partial charge on any atom is 0.252 e. The van der Waals surface area contributed by atoms with Gasteiger partial charge in [-0.05, 0) is 43.4 Å². The number of amides is 1. The van der Waals surface area contributed by atoms with Crippen LogP contribution in [-0.2, 0) is 14.8 Å². The second-order valence-corrected chi connectivity index (χ2v) is 8.15. The van der Waals surface area contributed by atoms with Crippen LogP contribution in [0.3, 0.4) is 0 Å². The minimum absolute atomic E-state index is 0.0368. The van der Waals surface area contributed by atoms with Crippen LogP contribution >= 0.6 is 0 Å². The fourth-order valence-corrected chi connectivity index (χ4v) is 4.75. The Bertz CT molecular complexity index is 724. The van der Waals surface area contributed by atoms with Crippen molar-refractivity contribution >= 4 is 15.9 Å². The van der Waals surface area contributed by atoms with Crippen molar-refractivity contribution in [1.82, 2.24) is 4.31 Å².